The molecule has 1 fully saturated rings. The number of halogens is 6. The number of carbonyl (C=O) groups excluding carboxylic acids is 1. The van der Waals surface area contributed by atoms with Crippen LogP contribution in [0, 0.1) is 5.41 Å². The van der Waals surface area contributed by atoms with E-state index in [1.165, 1.54) is 6.92 Å². The molecule has 1 atom stereocenters. The largest absolute Gasteiger partial charge is 0.404 e. The minimum atomic E-state index is -5.39. The average Bonchev–Trinajstić information content (AvgIpc) is 2.80. The Morgan fingerprint density at radius 3 is 2.14 bits per heavy atom. The summed E-state index contributed by atoms with van der Waals surface area (Å²) in [6.45, 7) is 1.79. The summed E-state index contributed by atoms with van der Waals surface area (Å²) in [6.07, 6.45) is -11.2. The number of carbonyl (C=O) groups is 1. The smallest absolute Gasteiger partial charge is 0.355 e. The Morgan fingerprint density at radius 2 is 1.76 bits per heavy atom. The van der Waals surface area contributed by atoms with Crippen LogP contribution >= 0.6 is 0 Å². The first-order valence-corrected chi connectivity index (χ1v) is 6.61. The van der Waals surface area contributed by atoms with Gasteiger partial charge in [0.15, 0.2) is 5.41 Å². The van der Waals surface area contributed by atoms with Crippen LogP contribution in [0.2, 0.25) is 0 Å². The molecular weight excluding hydrogens is 302 g/mol. The Balaban J connectivity index is 2.87. The van der Waals surface area contributed by atoms with Crippen molar-refractivity contribution in [2.75, 3.05) is 19.6 Å². The number of alkyl halides is 6. The quantitative estimate of drug-likeness (QED) is 0.808. The van der Waals surface area contributed by atoms with Gasteiger partial charge in [0, 0.05) is 19.6 Å². The molecule has 9 heteroatoms. The van der Waals surface area contributed by atoms with Crippen LogP contribution < -0.4 is 5.32 Å². The van der Waals surface area contributed by atoms with Crippen LogP contribution in [0.15, 0.2) is 0 Å². The molecule has 21 heavy (non-hydrogen) atoms. The maximum atomic E-state index is 12.9. The molecule has 0 aromatic rings. The molecule has 1 aliphatic rings. The topological polar surface area (TPSA) is 32.3 Å². The van der Waals surface area contributed by atoms with E-state index in [1.807, 2.05) is 0 Å². The summed E-state index contributed by atoms with van der Waals surface area (Å²) in [5, 5.41) is 2.47. The SMILES string of the molecule is CCCNC(=O)[C@@H](C)N1CCC(C(F)(F)F)(C(F)(F)F)C1. The van der Waals surface area contributed by atoms with E-state index < -0.39 is 49.2 Å². The van der Waals surface area contributed by atoms with Gasteiger partial charge in [-0.15, -0.1) is 0 Å². The summed E-state index contributed by atoms with van der Waals surface area (Å²) in [5.41, 5.74) is -3.75. The second-order valence-corrected chi connectivity index (χ2v) is 5.27. The van der Waals surface area contributed by atoms with Crippen LogP contribution in [0.4, 0.5) is 26.3 Å². The fraction of sp³-hybridized carbons (Fsp3) is 0.917. The van der Waals surface area contributed by atoms with Crippen LogP contribution in [0.5, 0.6) is 0 Å². The fourth-order valence-corrected chi connectivity index (χ4v) is 2.36. The van der Waals surface area contributed by atoms with Gasteiger partial charge in [-0.25, -0.2) is 0 Å². The van der Waals surface area contributed by atoms with Crippen LogP contribution in [0.25, 0.3) is 0 Å². The Morgan fingerprint density at radius 1 is 1.24 bits per heavy atom. The lowest BCUT2D eigenvalue weighted by Crippen LogP contribution is -2.53. The van der Waals surface area contributed by atoms with Crippen molar-refractivity contribution < 1.29 is 31.1 Å². The first-order chi connectivity index (χ1) is 9.46. The highest BCUT2D eigenvalue weighted by Gasteiger charge is 2.72. The molecule has 3 nitrogen and oxygen atoms in total. The lowest BCUT2D eigenvalue weighted by Gasteiger charge is -2.34. The highest BCUT2D eigenvalue weighted by Crippen LogP contribution is 2.55. The van der Waals surface area contributed by atoms with E-state index in [-0.39, 0.29) is 0 Å². The number of rotatable bonds is 4. The van der Waals surface area contributed by atoms with Crippen LogP contribution in [-0.4, -0.2) is 48.8 Å². The summed E-state index contributed by atoms with van der Waals surface area (Å²) >= 11 is 0. The second-order valence-electron chi connectivity index (χ2n) is 5.27. The summed E-state index contributed by atoms with van der Waals surface area (Å²) in [6, 6.07) is -1.02. The van der Waals surface area contributed by atoms with Gasteiger partial charge >= 0.3 is 12.4 Å². The van der Waals surface area contributed by atoms with E-state index >= 15 is 0 Å². The second kappa shape index (κ2) is 6.02. The van der Waals surface area contributed by atoms with Gasteiger partial charge in [-0.2, -0.15) is 26.3 Å². The van der Waals surface area contributed by atoms with Crippen molar-refractivity contribution in [1.29, 1.82) is 0 Å². The predicted octanol–water partition coefficient (Wildman–Crippen LogP) is 2.72. The van der Waals surface area contributed by atoms with Crippen molar-refractivity contribution >= 4 is 5.91 Å². The zero-order valence-electron chi connectivity index (χ0n) is 11.7. The predicted molar refractivity (Wildman–Crippen MR) is 63.5 cm³/mol. The van der Waals surface area contributed by atoms with Crippen molar-refractivity contribution in [3.63, 3.8) is 0 Å². The zero-order chi connectivity index (χ0) is 16.5. The fourth-order valence-electron chi connectivity index (χ4n) is 2.36. The number of amides is 1. The van der Waals surface area contributed by atoms with E-state index in [9.17, 15) is 31.1 Å². The van der Waals surface area contributed by atoms with Crippen molar-refractivity contribution in [3.8, 4) is 0 Å². The zero-order valence-corrected chi connectivity index (χ0v) is 11.7. The van der Waals surface area contributed by atoms with Gasteiger partial charge in [0.25, 0.3) is 0 Å². The third-order valence-electron chi connectivity index (χ3n) is 3.86. The molecule has 0 unspecified atom stereocenters. The van der Waals surface area contributed by atoms with E-state index in [2.05, 4.69) is 5.32 Å². The number of hydrogen-bond acceptors (Lipinski definition) is 2. The minimum Gasteiger partial charge on any atom is -0.355 e. The van der Waals surface area contributed by atoms with Gasteiger partial charge in [-0.1, -0.05) is 6.92 Å². The number of hydrogen-bond donors (Lipinski definition) is 1. The Hall–Kier alpha value is -0.990. The third kappa shape index (κ3) is 3.44. The molecule has 1 aliphatic heterocycles. The molecule has 0 bridgehead atoms. The highest BCUT2D eigenvalue weighted by molar-refractivity contribution is 5.81. The third-order valence-corrected chi connectivity index (χ3v) is 3.86. The number of nitrogens with one attached hydrogen (secondary N) is 1. The van der Waals surface area contributed by atoms with Gasteiger partial charge < -0.3 is 5.32 Å². The summed E-state index contributed by atoms with van der Waals surface area (Å²) < 4.78 is 77.4. The first kappa shape index (κ1) is 18.1. The molecule has 1 amide bonds. The number of nitrogens with zero attached hydrogens (tertiary/aromatic N) is 1. The Bertz CT molecular complexity index is 365. The van der Waals surface area contributed by atoms with Crippen molar-refractivity contribution in [2.45, 2.75) is 45.1 Å². The van der Waals surface area contributed by atoms with Crippen LogP contribution in [0.3, 0.4) is 0 Å². The van der Waals surface area contributed by atoms with Crippen molar-refractivity contribution in [3.05, 3.63) is 0 Å². The van der Waals surface area contributed by atoms with Crippen molar-refractivity contribution in [1.82, 2.24) is 10.2 Å². The molecule has 1 rings (SSSR count). The Kier molecular flexibility index (Phi) is 5.18. The molecule has 0 aromatic heterocycles. The maximum absolute atomic E-state index is 12.9. The normalized spacial score (nSPS) is 21.3. The molecule has 0 aliphatic carbocycles. The monoisotopic (exact) mass is 320 g/mol. The van der Waals surface area contributed by atoms with Gasteiger partial charge in [-0.05, 0) is 19.8 Å². The van der Waals surface area contributed by atoms with Gasteiger partial charge in [0.05, 0.1) is 6.04 Å². The number of likely N-dealkylation sites (tertiary alicyclic amines) is 1. The van der Waals surface area contributed by atoms with Crippen molar-refractivity contribution in [2.24, 2.45) is 5.41 Å². The summed E-state index contributed by atoms with van der Waals surface area (Å²) in [4.78, 5) is 12.6. The molecular formula is C12H18F6N2O. The average molecular weight is 320 g/mol. The molecule has 0 spiro atoms. The van der Waals surface area contributed by atoms with Gasteiger partial charge in [-0.3, -0.25) is 9.69 Å². The summed E-state index contributed by atoms with van der Waals surface area (Å²) in [5.74, 6) is -0.558. The van der Waals surface area contributed by atoms with E-state index in [4.69, 9.17) is 0 Å². The van der Waals surface area contributed by atoms with Gasteiger partial charge in [0.1, 0.15) is 0 Å². The first-order valence-electron chi connectivity index (χ1n) is 6.61. The summed E-state index contributed by atoms with van der Waals surface area (Å²) in [7, 11) is 0. The van der Waals surface area contributed by atoms with Gasteiger partial charge in [0.2, 0.25) is 5.91 Å². The maximum Gasteiger partial charge on any atom is 0.404 e. The van der Waals surface area contributed by atoms with E-state index in [1.54, 1.807) is 6.92 Å². The van der Waals surface area contributed by atoms with Crippen LogP contribution in [0.1, 0.15) is 26.7 Å². The molecule has 1 heterocycles. The van der Waals surface area contributed by atoms with E-state index in [0.717, 1.165) is 4.90 Å². The lowest BCUT2D eigenvalue weighted by molar-refractivity contribution is -0.335. The highest BCUT2D eigenvalue weighted by atomic mass is 19.4. The molecule has 124 valence electrons. The minimum absolute atomic E-state index is 0.334. The molecule has 0 aromatic carbocycles. The lowest BCUT2D eigenvalue weighted by atomic mass is 9.85. The Labute approximate surface area is 118 Å². The molecule has 0 saturated carbocycles. The standard InChI is InChI=1S/C12H18F6N2O/c1-3-5-19-9(21)8(2)20-6-4-10(7-20,11(13,14)15)12(16,17)18/h8H,3-7H2,1-2H3,(H,19,21)/t8-/m1/s1. The van der Waals surface area contributed by atoms with E-state index in [0.29, 0.717) is 13.0 Å². The molecule has 0 radical (unpaired) electrons. The van der Waals surface area contributed by atoms with Crippen LogP contribution in [-0.2, 0) is 4.79 Å². The molecule has 1 saturated heterocycles. The molecule has 1 N–H and O–H groups in total.